The molecule has 210 valence electrons. The normalized spacial score (nSPS) is 15.5. The number of rotatable bonds is 14. The minimum atomic E-state index is -1.19. The van der Waals surface area contributed by atoms with Gasteiger partial charge in [-0.3, -0.25) is 14.4 Å². The first kappa shape index (κ1) is 30.8. The summed E-state index contributed by atoms with van der Waals surface area (Å²) in [7, 11) is 0. The second-order valence-corrected chi connectivity index (χ2v) is 10.8. The molecule has 5 atom stereocenters. The fourth-order valence-corrected chi connectivity index (χ4v) is 4.21. The van der Waals surface area contributed by atoms with E-state index in [0.29, 0.717) is 12.8 Å². The molecule has 38 heavy (non-hydrogen) atoms. The van der Waals surface area contributed by atoms with E-state index < -0.39 is 47.9 Å². The maximum Gasteiger partial charge on any atom is 0.326 e. The van der Waals surface area contributed by atoms with E-state index in [9.17, 15) is 24.3 Å². The molecule has 0 radical (unpaired) electrons. The van der Waals surface area contributed by atoms with Gasteiger partial charge in [0.15, 0.2) is 0 Å². The number of benzene rings is 1. The molecule has 0 aliphatic rings. The number of carboxylic acid groups (broad SMARTS) is 1. The highest BCUT2D eigenvalue weighted by Crippen LogP contribution is 2.19. The van der Waals surface area contributed by atoms with E-state index in [-0.39, 0.29) is 24.2 Å². The van der Waals surface area contributed by atoms with E-state index in [1.165, 1.54) is 0 Å². The molecule has 3 amide bonds. The van der Waals surface area contributed by atoms with Crippen LogP contribution in [0.5, 0.6) is 0 Å². The van der Waals surface area contributed by atoms with Crippen LogP contribution >= 0.6 is 0 Å². The van der Waals surface area contributed by atoms with Crippen molar-refractivity contribution in [1.82, 2.24) is 20.9 Å². The maximum atomic E-state index is 13.3. The lowest BCUT2D eigenvalue weighted by atomic mass is 9.95. The van der Waals surface area contributed by atoms with Crippen molar-refractivity contribution in [3.05, 3.63) is 36.0 Å². The van der Waals surface area contributed by atoms with E-state index in [4.69, 9.17) is 5.73 Å². The summed E-state index contributed by atoms with van der Waals surface area (Å²) in [6.45, 7) is 11.2. The molecule has 0 aliphatic heterocycles. The van der Waals surface area contributed by atoms with Crippen LogP contribution in [0, 0.1) is 17.8 Å². The Labute approximate surface area is 224 Å². The molecule has 1 aromatic heterocycles. The number of aromatic amines is 1. The number of para-hydroxylation sites is 1. The van der Waals surface area contributed by atoms with E-state index in [1.807, 2.05) is 65.8 Å². The molecule has 2 rings (SSSR count). The van der Waals surface area contributed by atoms with Crippen LogP contribution in [0.3, 0.4) is 0 Å². The Bertz CT molecular complexity index is 1110. The number of carbonyl (C=O) groups is 4. The van der Waals surface area contributed by atoms with Crippen LogP contribution in [0.1, 0.15) is 59.9 Å². The molecule has 10 heteroatoms. The molecular formula is C28H43N5O5. The number of hydrogen-bond acceptors (Lipinski definition) is 5. The molecule has 10 nitrogen and oxygen atoms in total. The van der Waals surface area contributed by atoms with Crippen LogP contribution in [0.15, 0.2) is 30.5 Å². The molecule has 0 spiro atoms. The molecule has 7 N–H and O–H groups in total. The highest BCUT2D eigenvalue weighted by atomic mass is 16.4. The Morgan fingerprint density at radius 1 is 0.921 bits per heavy atom. The molecular weight excluding hydrogens is 486 g/mol. The summed E-state index contributed by atoms with van der Waals surface area (Å²) in [6.07, 6.45) is 2.72. The van der Waals surface area contributed by atoms with Gasteiger partial charge in [-0.1, -0.05) is 66.2 Å². The largest absolute Gasteiger partial charge is 0.480 e. The first-order chi connectivity index (χ1) is 17.8. The number of aliphatic carboxylic acids is 1. The fourth-order valence-electron chi connectivity index (χ4n) is 4.21. The Morgan fingerprint density at radius 3 is 2.13 bits per heavy atom. The van der Waals surface area contributed by atoms with Crippen LogP contribution in [-0.4, -0.2) is 57.9 Å². The number of aromatic nitrogens is 1. The van der Waals surface area contributed by atoms with Crippen molar-refractivity contribution in [2.45, 2.75) is 85.0 Å². The number of amides is 3. The van der Waals surface area contributed by atoms with Crippen LogP contribution in [0.2, 0.25) is 0 Å². The van der Waals surface area contributed by atoms with Crippen molar-refractivity contribution in [2.24, 2.45) is 23.5 Å². The van der Waals surface area contributed by atoms with Crippen molar-refractivity contribution in [3.8, 4) is 0 Å². The predicted molar refractivity (Wildman–Crippen MR) is 147 cm³/mol. The number of carbonyl (C=O) groups excluding carboxylic acids is 3. The van der Waals surface area contributed by atoms with Crippen LogP contribution in [-0.2, 0) is 25.6 Å². The first-order valence-electron chi connectivity index (χ1n) is 13.3. The zero-order valence-electron chi connectivity index (χ0n) is 23.2. The van der Waals surface area contributed by atoms with Crippen molar-refractivity contribution in [2.75, 3.05) is 0 Å². The Hall–Kier alpha value is -3.40. The summed E-state index contributed by atoms with van der Waals surface area (Å²) in [5.74, 6) is -3.00. The number of H-pyrrole nitrogens is 1. The van der Waals surface area contributed by atoms with Gasteiger partial charge in [-0.05, 0) is 35.8 Å². The monoisotopic (exact) mass is 529 g/mol. The van der Waals surface area contributed by atoms with Gasteiger partial charge < -0.3 is 31.8 Å². The average Bonchev–Trinajstić information content (AvgIpc) is 3.27. The van der Waals surface area contributed by atoms with Gasteiger partial charge in [0.25, 0.3) is 0 Å². The molecule has 1 heterocycles. The van der Waals surface area contributed by atoms with Gasteiger partial charge in [0.1, 0.15) is 18.1 Å². The molecule has 1 aromatic carbocycles. The zero-order chi connectivity index (χ0) is 28.6. The lowest BCUT2D eigenvalue weighted by Crippen LogP contribution is -2.59. The average molecular weight is 530 g/mol. The van der Waals surface area contributed by atoms with E-state index in [0.717, 1.165) is 16.5 Å². The van der Waals surface area contributed by atoms with Gasteiger partial charge in [0.05, 0.1) is 6.04 Å². The number of hydrogen-bond donors (Lipinski definition) is 6. The summed E-state index contributed by atoms with van der Waals surface area (Å²) in [6, 6.07) is 3.69. The molecule has 0 bridgehead atoms. The van der Waals surface area contributed by atoms with Crippen LogP contribution in [0.25, 0.3) is 10.9 Å². The quantitative estimate of drug-likeness (QED) is 0.220. The number of fused-ring (bicyclic) bond motifs is 1. The number of nitrogens with one attached hydrogen (secondary N) is 4. The Kier molecular flexibility index (Phi) is 11.3. The summed E-state index contributed by atoms with van der Waals surface area (Å²) in [4.78, 5) is 54.4. The van der Waals surface area contributed by atoms with E-state index >= 15 is 0 Å². The number of carboxylic acids is 1. The van der Waals surface area contributed by atoms with Crippen molar-refractivity contribution >= 4 is 34.6 Å². The van der Waals surface area contributed by atoms with Gasteiger partial charge in [-0.25, -0.2) is 4.79 Å². The van der Waals surface area contributed by atoms with Crippen molar-refractivity contribution < 1.29 is 24.3 Å². The molecule has 0 saturated carbocycles. The Balaban J connectivity index is 2.20. The lowest BCUT2D eigenvalue weighted by Gasteiger charge is -2.29. The maximum absolute atomic E-state index is 13.3. The highest BCUT2D eigenvalue weighted by molar-refractivity contribution is 5.94. The topological polar surface area (TPSA) is 166 Å². The molecule has 5 unspecified atom stereocenters. The molecule has 0 aliphatic carbocycles. The predicted octanol–water partition coefficient (Wildman–Crippen LogP) is 2.32. The lowest BCUT2D eigenvalue weighted by molar-refractivity contribution is -0.142. The zero-order valence-corrected chi connectivity index (χ0v) is 23.2. The third-order valence-corrected chi connectivity index (χ3v) is 6.87. The minimum Gasteiger partial charge on any atom is -0.480 e. The second-order valence-electron chi connectivity index (χ2n) is 10.8. The SMILES string of the molecule is CCC(C)C(NC(=O)C(N)C(C)C)C(=O)NC(CC(C)C)C(=O)NC(Cc1c[nH]c2ccccc12)C(=O)O. The van der Waals surface area contributed by atoms with Crippen LogP contribution < -0.4 is 21.7 Å². The second kappa shape index (κ2) is 13.9. The van der Waals surface area contributed by atoms with E-state index in [1.54, 1.807) is 6.20 Å². The smallest absolute Gasteiger partial charge is 0.326 e. The molecule has 0 fully saturated rings. The van der Waals surface area contributed by atoms with Gasteiger partial charge in [0, 0.05) is 23.5 Å². The highest BCUT2D eigenvalue weighted by Gasteiger charge is 2.33. The summed E-state index contributed by atoms with van der Waals surface area (Å²) in [5.41, 5.74) is 7.61. The third kappa shape index (κ3) is 8.31. The molecule has 0 saturated heterocycles. The number of nitrogens with two attached hydrogens (primary N) is 1. The van der Waals surface area contributed by atoms with Crippen LogP contribution in [0.4, 0.5) is 0 Å². The van der Waals surface area contributed by atoms with Crippen molar-refractivity contribution in [3.63, 3.8) is 0 Å². The standard InChI is InChI=1S/C28H43N5O5/c1-7-17(6)24(33-26(35)23(29)16(4)5)27(36)31-21(12-15(2)3)25(34)32-22(28(37)38)13-18-14-30-20-11-9-8-10-19(18)20/h8-11,14-17,21-24,30H,7,12-13,29H2,1-6H3,(H,31,36)(H,32,34)(H,33,35)(H,37,38). The fraction of sp³-hybridized carbons (Fsp3) is 0.571. The summed E-state index contributed by atoms with van der Waals surface area (Å²) >= 11 is 0. The Morgan fingerprint density at radius 2 is 1.55 bits per heavy atom. The summed E-state index contributed by atoms with van der Waals surface area (Å²) < 4.78 is 0. The van der Waals surface area contributed by atoms with Gasteiger partial charge in [-0.2, -0.15) is 0 Å². The van der Waals surface area contributed by atoms with Crippen molar-refractivity contribution in [1.29, 1.82) is 0 Å². The first-order valence-corrected chi connectivity index (χ1v) is 13.3. The van der Waals surface area contributed by atoms with E-state index in [2.05, 4.69) is 20.9 Å². The molecule has 2 aromatic rings. The third-order valence-electron chi connectivity index (χ3n) is 6.87. The van der Waals surface area contributed by atoms with Gasteiger partial charge in [-0.15, -0.1) is 0 Å². The minimum absolute atomic E-state index is 0.0361. The summed E-state index contributed by atoms with van der Waals surface area (Å²) in [5, 5.41) is 18.9. The van der Waals surface area contributed by atoms with Gasteiger partial charge in [0.2, 0.25) is 17.7 Å². The van der Waals surface area contributed by atoms with Gasteiger partial charge >= 0.3 is 5.97 Å².